The van der Waals surface area contributed by atoms with E-state index in [0.717, 1.165) is 23.1 Å². The van der Waals surface area contributed by atoms with Gasteiger partial charge in [-0.3, -0.25) is 4.57 Å². The summed E-state index contributed by atoms with van der Waals surface area (Å²) in [5.41, 5.74) is 4.00. The molecule has 1 N–H and O–H groups in total. The van der Waals surface area contributed by atoms with Crippen LogP contribution in [0.1, 0.15) is 36.6 Å². The molecule has 14 heteroatoms. The monoisotopic (exact) mass is 652 g/mol. The summed E-state index contributed by atoms with van der Waals surface area (Å²) in [6.45, 7) is 6.06. The standard InChI is InChI=1S/C32H28F4N6O3S/c1-19(2)26-14-13-25(44-4)15-28(26)42-20(3)17-46-31(42)39-30(43)37-16-27(33)21-5-7-22(8-6-21)29-38-18-41(40-29)23-9-11-24(12-10-23)45-32(34,35)36/h5-19H,1-4H3,(H,37,43)/b27-16-,39-31-. The number of ether oxygens (including phenoxy) is 2. The average molecular weight is 653 g/mol. The van der Waals surface area contributed by atoms with Crippen molar-refractivity contribution in [1.29, 1.82) is 0 Å². The van der Waals surface area contributed by atoms with Gasteiger partial charge in [-0.25, -0.2) is 18.9 Å². The molecule has 0 fully saturated rings. The number of nitrogens with zero attached hydrogens (tertiary/aromatic N) is 5. The molecule has 0 unspecified atom stereocenters. The molecule has 3 aromatic carbocycles. The Morgan fingerprint density at radius 3 is 2.39 bits per heavy atom. The van der Waals surface area contributed by atoms with Crippen LogP contribution < -0.4 is 19.6 Å². The van der Waals surface area contributed by atoms with Gasteiger partial charge in [-0.1, -0.05) is 44.2 Å². The van der Waals surface area contributed by atoms with Crippen LogP contribution in [0.2, 0.25) is 0 Å². The maximum Gasteiger partial charge on any atom is 0.573 e. The summed E-state index contributed by atoms with van der Waals surface area (Å²) in [5.74, 6) is 0.133. The summed E-state index contributed by atoms with van der Waals surface area (Å²) in [5, 5.41) is 8.61. The number of urea groups is 1. The second kappa shape index (κ2) is 13.4. The lowest BCUT2D eigenvalue weighted by atomic mass is 10.0. The minimum absolute atomic E-state index is 0.198. The number of methoxy groups -OCH3 is 1. The van der Waals surface area contributed by atoms with Crippen molar-refractivity contribution in [3.05, 3.63) is 106 Å². The van der Waals surface area contributed by atoms with Crippen molar-refractivity contribution >= 4 is 23.2 Å². The number of carbonyl (C=O) groups is 1. The predicted octanol–water partition coefficient (Wildman–Crippen LogP) is 7.70. The second-order valence-electron chi connectivity index (χ2n) is 10.3. The fraction of sp³-hybridized carbons (Fsp3) is 0.188. The third kappa shape index (κ3) is 7.51. The molecule has 0 saturated heterocycles. The molecule has 0 aliphatic rings. The van der Waals surface area contributed by atoms with Crippen molar-refractivity contribution in [2.24, 2.45) is 4.99 Å². The van der Waals surface area contributed by atoms with E-state index in [4.69, 9.17) is 4.74 Å². The zero-order valence-electron chi connectivity index (χ0n) is 25.0. The van der Waals surface area contributed by atoms with E-state index in [1.54, 1.807) is 19.2 Å². The highest BCUT2D eigenvalue weighted by Gasteiger charge is 2.31. The van der Waals surface area contributed by atoms with E-state index < -0.39 is 18.2 Å². The highest BCUT2D eigenvalue weighted by molar-refractivity contribution is 7.07. The van der Waals surface area contributed by atoms with Gasteiger partial charge in [0.15, 0.2) is 10.6 Å². The molecule has 0 spiro atoms. The lowest BCUT2D eigenvalue weighted by Crippen LogP contribution is -2.22. The van der Waals surface area contributed by atoms with Gasteiger partial charge in [-0.05, 0) is 48.7 Å². The first-order valence-electron chi connectivity index (χ1n) is 13.9. The first kappa shape index (κ1) is 32.2. The first-order valence-corrected chi connectivity index (χ1v) is 14.7. The van der Waals surface area contributed by atoms with E-state index in [1.807, 2.05) is 35.1 Å². The third-order valence-corrected chi connectivity index (χ3v) is 7.69. The van der Waals surface area contributed by atoms with Gasteiger partial charge in [0.1, 0.15) is 23.7 Å². The molecule has 238 valence electrons. The molecule has 2 aromatic heterocycles. The lowest BCUT2D eigenvalue weighted by molar-refractivity contribution is -0.274. The predicted molar refractivity (Wildman–Crippen MR) is 166 cm³/mol. The number of carbonyl (C=O) groups excluding carboxylic acids is 1. The molecule has 9 nitrogen and oxygen atoms in total. The highest BCUT2D eigenvalue weighted by Crippen LogP contribution is 2.28. The number of alkyl halides is 3. The summed E-state index contributed by atoms with van der Waals surface area (Å²) < 4.78 is 64.8. The number of thiazole rings is 1. The zero-order chi connectivity index (χ0) is 33.0. The number of amides is 2. The van der Waals surface area contributed by atoms with Crippen molar-refractivity contribution in [2.45, 2.75) is 33.1 Å². The van der Waals surface area contributed by atoms with Crippen LogP contribution in [0.5, 0.6) is 11.5 Å². The molecule has 2 heterocycles. The molecule has 0 saturated carbocycles. The van der Waals surface area contributed by atoms with Crippen LogP contribution in [0.4, 0.5) is 22.4 Å². The summed E-state index contributed by atoms with van der Waals surface area (Å²) in [4.78, 5) is 21.6. The van der Waals surface area contributed by atoms with Crippen molar-refractivity contribution in [2.75, 3.05) is 7.11 Å². The number of hydrogen-bond donors (Lipinski definition) is 1. The van der Waals surface area contributed by atoms with Crippen LogP contribution in [0.25, 0.3) is 28.6 Å². The molecule has 0 radical (unpaired) electrons. The number of hydrogen-bond acceptors (Lipinski definition) is 6. The van der Waals surface area contributed by atoms with Gasteiger partial charge < -0.3 is 14.8 Å². The number of halogens is 4. The Labute approximate surface area is 265 Å². The Bertz CT molecular complexity index is 1940. The number of aryl methyl sites for hydroxylation is 1. The Morgan fingerprint density at radius 1 is 1.04 bits per heavy atom. The minimum atomic E-state index is -4.79. The van der Waals surface area contributed by atoms with Crippen molar-refractivity contribution in [1.82, 2.24) is 24.6 Å². The van der Waals surface area contributed by atoms with E-state index in [1.165, 1.54) is 58.7 Å². The van der Waals surface area contributed by atoms with Crippen LogP contribution >= 0.6 is 11.3 Å². The Hall–Kier alpha value is -5.24. The number of aromatic nitrogens is 4. The van der Waals surface area contributed by atoms with Gasteiger partial charge in [-0.2, -0.15) is 4.99 Å². The summed E-state index contributed by atoms with van der Waals surface area (Å²) in [6.07, 6.45) is -2.44. The van der Waals surface area contributed by atoms with Gasteiger partial charge in [0, 0.05) is 34.5 Å². The van der Waals surface area contributed by atoms with Gasteiger partial charge in [0.2, 0.25) is 0 Å². The van der Waals surface area contributed by atoms with Crippen LogP contribution in [0.3, 0.4) is 0 Å². The molecule has 0 atom stereocenters. The summed E-state index contributed by atoms with van der Waals surface area (Å²) in [7, 11) is 1.59. The number of benzene rings is 3. The van der Waals surface area contributed by atoms with Gasteiger partial charge in [0.25, 0.3) is 0 Å². The smallest absolute Gasteiger partial charge is 0.497 e. The van der Waals surface area contributed by atoms with Gasteiger partial charge in [0.05, 0.1) is 18.5 Å². The number of rotatable bonds is 8. The lowest BCUT2D eigenvalue weighted by Gasteiger charge is -2.16. The second-order valence-corrected chi connectivity index (χ2v) is 11.1. The van der Waals surface area contributed by atoms with E-state index in [2.05, 4.69) is 39.0 Å². The fourth-order valence-electron chi connectivity index (χ4n) is 4.52. The average Bonchev–Trinajstić information content (AvgIpc) is 3.66. The van der Waals surface area contributed by atoms with E-state index >= 15 is 0 Å². The topological polar surface area (TPSA) is 95.6 Å². The highest BCUT2D eigenvalue weighted by atomic mass is 32.1. The third-order valence-electron chi connectivity index (χ3n) is 6.74. The number of nitrogens with one attached hydrogen (secondary N) is 1. The van der Waals surface area contributed by atoms with Crippen LogP contribution in [0, 0.1) is 6.92 Å². The Balaban J connectivity index is 1.29. The van der Waals surface area contributed by atoms with Crippen LogP contribution in [0.15, 0.2) is 89.6 Å². The molecule has 0 aliphatic heterocycles. The Kier molecular flexibility index (Phi) is 9.37. The van der Waals surface area contributed by atoms with Crippen molar-refractivity contribution in [3.63, 3.8) is 0 Å². The van der Waals surface area contributed by atoms with Crippen molar-refractivity contribution in [3.8, 4) is 34.3 Å². The molecule has 5 rings (SSSR count). The van der Waals surface area contributed by atoms with E-state index in [-0.39, 0.29) is 17.2 Å². The quantitative estimate of drug-likeness (QED) is 0.173. The molecule has 0 bridgehead atoms. The molecule has 2 amide bonds. The molecular weight excluding hydrogens is 624 g/mol. The van der Waals surface area contributed by atoms with Gasteiger partial charge in [-0.15, -0.1) is 29.6 Å². The maximum absolute atomic E-state index is 15.0. The molecule has 5 aromatic rings. The van der Waals surface area contributed by atoms with E-state index in [0.29, 0.717) is 27.6 Å². The maximum atomic E-state index is 15.0. The first-order chi connectivity index (χ1) is 21.9. The Morgan fingerprint density at radius 2 is 1.74 bits per heavy atom. The zero-order valence-corrected chi connectivity index (χ0v) is 25.9. The SMILES string of the molecule is COc1ccc(C(C)C)c(-n2c(C)cs/c2=N\C(=O)N/C=C(\F)c2ccc(-c3ncn(-c4ccc(OC(F)(F)F)cc4)n3)cc2)c1. The van der Waals surface area contributed by atoms with Crippen LogP contribution in [-0.4, -0.2) is 38.8 Å². The molecule has 46 heavy (non-hydrogen) atoms. The largest absolute Gasteiger partial charge is 0.573 e. The normalized spacial score (nSPS) is 12.5. The molecule has 0 aliphatic carbocycles. The minimum Gasteiger partial charge on any atom is -0.497 e. The summed E-state index contributed by atoms with van der Waals surface area (Å²) in [6, 6.07) is 16.4. The van der Waals surface area contributed by atoms with Gasteiger partial charge >= 0.3 is 12.4 Å². The summed E-state index contributed by atoms with van der Waals surface area (Å²) >= 11 is 1.29. The van der Waals surface area contributed by atoms with E-state index in [9.17, 15) is 22.4 Å². The van der Waals surface area contributed by atoms with Crippen LogP contribution in [-0.2, 0) is 0 Å². The molecular formula is C32H28F4N6O3S. The fourth-order valence-corrected chi connectivity index (χ4v) is 5.39. The van der Waals surface area contributed by atoms with Crippen molar-refractivity contribution < 1.29 is 31.8 Å².